The first-order valence-corrected chi connectivity index (χ1v) is 10.6. The molecule has 0 aliphatic heterocycles. The van der Waals surface area contributed by atoms with E-state index in [2.05, 4.69) is 13.8 Å². The summed E-state index contributed by atoms with van der Waals surface area (Å²) in [6.45, 7) is 6.22. The predicted octanol–water partition coefficient (Wildman–Crippen LogP) is 2.73. The second-order valence-corrected chi connectivity index (χ2v) is 10.2. The molecule has 0 amide bonds. The maximum atomic E-state index is 11.9. The van der Waals surface area contributed by atoms with Gasteiger partial charge in [0, 0.05) is 0 Å². The van der Waals surface area contributed by atoms with Gasteiger partial charge in [-0.3, -0.25) is 4.79 Å². The molecule has 4 aliphatic rings. The first kappa shape index (κ1) is 19.4. The van der Waals surface area contributed by atoms with Crippen molar-refractivity contribution < 1.29 is 25.2 Å². The van der Waals surface area contributed by atoms with Crippen LogP contribution in [-0.2, 0) is 4.79 Å². The summed E-state index contributed by atoms with van der Waals surface area (Å²) in [5.74, 6) is -1.19. The van der Waals surface area contributed by atoms with Gasteiger partial charge in [0.1, 0.15) is 0 Å². The van der Waals surface area contributed by atoms with Crippen molar-refractivity contribution in [2.75, 3.05) is 0 Å². The number of fused-ring (bicyclic) bond motifs is 4. The molecule has 2 fully saturated rings. The minimum absolute atomic E-state index is 0.0873. The largest absolute Gasteiger partial charge is 0.481 e. The summed E-state index contributed by atoms with van der Waals surface area (Å²) in [6.07, 6.45) is 3.74. The van der Waals surface area contributed by atoms with Crippen LogP contribution in [-0.4, -0.2) is 44.7 Å². The van der Waals surface area contributed by atoms with Gasteiger partial charge in [-0.05, 0) is 86.0 Å². The molecule has 0 heterocycles. The fraction of sp³-hybridized carbons (Fsp3) is 0.864. The lowest BCUT2D eigenvalue weighted by atomic mass is 9.48. The fourth-order valence-electron chi connectivity index (χ4n) is 7.86. The molecule has 4 N–H and O–H groups in total. The lowest BCUT2D eigenvalue weighted by Crippen LogP contribution is -2.54. The Bertz CT molecular complexity index is 670. The lowest BCUT2D eigenvalue weighted by molar-refractivity contribution is -0.157. The number of carboxylic acid groups (broad SMARTS) is 1. The van der Waals surface area contributed by atoms with Crippen LogP contribution >= 0.6 is 0 Å². The smallest absolute Gasteiger partial charge is 0.309 e. The van der Waals surface area contributed by atoms with Crippen LogP contribution in [0, 0.1) is 34.5 Å². The van der Waals surface area contributed by atoms with Crippen molar-refractivity contribution in [2.24, 2.45) is 34.5 Å². The molecule has 0 aromatic rings. The Labute approximate surface area is 161 Å². The molecular weight excluding hydrogens is 344 g/mol. The molecule has 0 spiro atoms. The van der Waals surface area contributed by atoms with Gasteiger partial charge in [0.05, 0.1) is 24.2 Å². The molecule has 9 unspecified atom stereocenters. The Hall–Kier alpha value is -0.910. The van der Waals surface area contributed by atoms with E-state index in [1.165, 1.54) is 5.57 Å². The van der Waals surface area contributed by atoms with Crippen molar-refractivity contribution in [1.82, 2.24) is 0 Å². The molecular formula is C22H34O5. The van der Waals surface area contributed by atoms with Gasteiger partial charge in [0.15, 0.2) is 0 Å². The van der Waals surface area contributed by atoms with E-state index in [9.17, 15) is 25.2 Å². The molecule has 5 heteroatoms. The van der Waals surface area contributed by atoms with Crippen LogP contribution in [0.25, 0.3) is 0 Å². The minimum atomic E-state index is -0.910. The maximum Gasteiger partial charge on any atom is 0.309 e. The number of hydrogen-bond acceptors (Lipinski definition) is 4. The van der Waals surface area contributed by atoms with Gasteiger partial charge in [0.2, 0.25) is 0 Å². The lowest BCUT2D eigenvalue weighted by Gasteiger charge is -2.57. The van der Waals surface area contributed by atoms with Gasteiger partial charge >= 0.3 is 5.97 Å². The van der Waals surface area contributed by atoms with Gasteiger partial charge in [0.25, 0.3) is 0 Å². The third-order valence-corrected chi connectivity index (χ3v) is 8.98. The molecule has 0 bridgehead atoms. The number of aliphatic hydroxyl groups excluding tert-OH is 3. The summed E-state index contributed by atoms with van der Waals surface area (Å²) in [6, 6.07) is 0. The Morgan fingerprint density at radius 1 is 1.15 bits per heavy atom. The number of carbonyl (C=O) groups is 1. The molecule has 0 radical (unpaired) electrons. The van der Waals surface area contributed by atoms with Crippen LogP contribution in [0.5, 0.6) is 0 Å². The molecule has 2 saturated carbocycles. The molecule has 4 rings (SSSR count). The summed E-state index contributed by atoms with van der Waals surface area (Å²) >= 11 is 0. The highest BCUT2D eigenvalue weighted by Gasteiger charge is 2.60. The zero-order valence-electron chi connectivity index (χ0n) is 16.7. The van der Waals surface area contributed by atoms with Gasteiger partial charge in [-0.25, -0.2) is 0 Å². The second kappa shape index (κ2) is 6.30. The van der Waals surface area contributed by atoms with E-state index in [-0.39, 0.29) is 28.8 Å². The van der Waals surface area contributed by atoms with Crippen LogP contribution in [0.1, 0.15) is 65.7 Å². The van der Waals surface area contributed by atoms with Crippen LogP contribution in [0.15, 0.2) is 11.1 Å². The molecule has 4 aliphatic carbocycles. The highest BCUT2D eigenvalue weighted by Crippen LogP contribution is 2.65. The summed E-state index contributed by atoms with van der Waals surface area (Å²) in [5.41, 5.74) is 2.00. The fourth-order valence-corrected chi connectivity index (χ4v) is 7.86. The Morgan fingerprint density at radius 3 is 2.48 bits per heavy atom. The monoisotopic (exact) mass is 378 g/mol. The summed E-state index contributed by atoms with van der Waals surface area (Å²) in [5, 5.41) is 41.7. The van der Waals surface area contributed by atoms with E-state index in [0.717, 1.165) is 37.7 Å². The van der Waals surface area contributed by atoms with Crippen molar-refractivity contribution in [3.8, 4) is 0 Å². The van der Waals surface area contributed by atoms with Crippen molar-refractivity contribution in [3.63, 3.8) is 0 Å². The number of aliphatic hydroxyl groups is 3. The minimum Gasteiger partial charge on any atom is -0.481 e. The Kier molecular flexibility index (Phi) is 4.53. The first-order chi connectivity index (χ1) is 12.6. The zero-order chi connectivity index (χ0) is 19.7. The molecule has 152 valence electrons. The van der Waals surface area contributed by atoms with Crippen LogP contribution < -0.4 is 0 Å². The van der Waals surface area contributed by atoms with Gasteiger partial charge in [-0.15, -0.1) is 0 Å². The van der Waals surface area contributed by atoms with E-state index in [4.69, 9.17) is 0 Å². The topological polar surface area (TPSA) is 98.0 Å². The Balaban J connectivity index is 1.78. The molecule has 0 aromatic carbocycles. The van der Waals surface area contributed by atoms with E-state index < -0.39 is 24.1 Å². The average Bonchev–Trinajstić information content (AvgIpc) is 2.91. The summed E-state index contributed by atoms with van der Waals surface area (Å²) < 4.78 is 0. The molecule has 27 heavy (non-hydrogen) atoms. The van der Waals surface area contributed by atoms with Gasteiger partial charge < -0.3 is 20.4 Å². The maximum absolute atomic E-state index is 11.9. The summed E-state index contributed by atoms with van der Waals surface area (Å²) in [4.78, 5) is 11.9. The number of aliphatic carboxylic acids is 1. The van der Waals surface area contributed by atoms with Crippen LogP contribution in [0.3, 0.4) is 0 Å². The molecule has 0 saturated heterocycles. The SMILES string of the molecule is CC(O)C1CCC2C3=C(C(O)CC21C)C1(C)CCC(O)C(C(=O)O)C1CC3. The summed E-state index contributed by atoms with van der Waals surface area (Å²) in [7, 11) is 0. The zero-order valence-corrected chi connectivity index (χ0v) is 16.7. The van der Waals surface area contributed by atoms with E-state index in [1.54, 1.807) is 0 Å². The third-order valence-electron chi connectivity index (χ3n) is 8.98. The van der Waals surface area contributed by atoms with Gasteiger partial charge in [-0.1, -0.05) is 19.4 Å². The van der Waals surface area contributed by atoms with Crippen molar-refractivity contribution >= 4 is 5.97 Å². The first-order valence-electron chi connectivity index (χ1n) is 10.6. The molecule has 0 aromatic heterocycles. The van der Waals surface area contributed by atoms with Gasteiger partial charge in [-0.2, -0.15) is 0 Å². The number of allylic oxidation sites excluding steroid dienone is 1. The highest BCUT2D eigenvalue weighted by atomic mass is 16.4. The quantitative estimate of drug-likeness (QED) is 0.554. The molecule has 9 atom stereocenters. The standard InChI is InChI=1S/C22H34O5/c1-11(23)13-6-7-14-12-4-5-15-18(20(26)27)16(24)8-9-21(15,2)19(12)17(25)10-22(13,14)3/h11,13-18,23-25H,4-10H2,1-3H3,(H,26,27). The molecule has 5 nitrogen and oxygen atoms in total. The van der Waals surface area contributed by atoms with E-state index in [0.29, 0.717) is 18.8 Å². The average molecular weight is 379 g/mol. The van der Waals surface area contributed by atoms with Crippen LogP contribution in [0.2, 0.25) is 0 Å². The van der Waals surface area contributed by atoms with E-state index in [1.807, 2.05) is 6.92 Å². The number of carboxylic acids is 1. The van der Waals surface area contributed by atoms with Crippen molar-refractivity contribution in [3.05, 3.63) is 11.1 Å². The third kappa shape index (κ3) is 2.57. The Morgan fingerprint density at radius 2 is 1.85 bits per heavy atom. The van der Waals surface area contributed by atoms with Crippen molar-refractivity contribution in [1.29, 1.82) is 0 Å². The normalized spacial score (nSPS) is 50.6. The van der Waals surface area contributed by atoms with E-state index >= 15 is 0 Å². The van der Waals surface area contributed by atoms with Crippen LogP contribution in [0.4, 0.5) is 0 Å². The van der Waals surface area contributed by atoms with Crippen molar-refractivity contribution in [2.45, 2.75) is 84.0 Å². The second-order valence-electron chi connectivity index (χ2n) is 10.2. The number of rotatable bonds is 2. The predicted molar refractivity (Wildman–Crippen MR) is 101 cm³/mol. The highest BCUT2D eigenvalue weighted by molar-refractivity contribution is 5.72. The number of hydrogen-bond donors (Lipinski definition) is 4.